The summed E-state index contributed by atoms with van der Waals surface area (Å²) in [4.78, 5) is 14.6. The van der Waals surface area contributed by atoms with Crippen molar-refractivity contribution < 1.29 is 4.79 Å². The molecule has 0 aliphatic rings. The molecule has 0 aromatic heterocycles. The normalized spacial score (nSPS) is 13.1. The van der Waals surface area contributed by atoms with E-state index in [0.717, 1.165) is 6.54 Å². The molecule has 0 aromatic carbocycles. The van der Waals surface area contributed by atoms with Crippen molar-refractivity contribution >= 4 is 23.1 Å². The van der Waals surface area contributed by atoms with E-state index < -0.39 is 0 Å². The fraction of sp³-hybridized carbons (Fsp3) is 0.846. The van der Waals surface area contributed by atoms with Crippen LogP contribution in [0, 0.1) is 5.92 Å². The van der Waals surface area contributed by atoms with Gasteiger partial charge in [0, 0.05) is 25.6 Å². The van der Waals surface area contributed by atoms with E-state index in [-0.39, 0.29) is 11.9 Å². The second kappa shape index (κ2) is 8.43. The summed E-state index contributed by atoms with van der Waals surface area (Å²) in [6.45, 7) is 11.7. The van der Waals surface area contributed by atoms with Gasteiger partial charge >= 0.3 is 0 Å². The summed E-state index contributed by atoms with van der Waals surface area (Å²) in [7, 11) is 0. The molecule has 3 N–H and O–H groups in total. The Kier molecular flexibility index (Phi) is 8.11. The van der Waals surface area contributed by atoms with Gasteiger partial charge in [0.2, 0.25) is 5.91 Å². The highest BCUT2D eigenvalue weighted by Crippen LogP contribution is 2.07. The first-order chi connectivity index (χ1) is 8.25. The molecule has 0 radical (unpaired) electrons. The molecule has 0 bridgehead atoms. The van der Waals surface area contributed by atoms with Gasteiger partial charge in [-0.15, -0.1) is 0 Å². The zero-order valence-corrected chi connectivity index (χ0v) is 13.0. The maximum absolute atomic E-state index is 12.0. The van der Waals surface area contributed by atoms with Crippen LogP contribution in [0.1, 0.15) is 41.0 Å². The number of carbonyl (C=O) groups excluding carboxylic acids is 1. The van der Waals surface area contributed by atoms with Gasteiger partial charge in [-0.2, -0.15) is 0 Å². The number of nitrogens with two attached hydrogens (primary N) is 1. The molecular weight excluding hydrogens is 246 g/mol. The highest BCUT2D eigenvalue weighted by atomic mass is 32.1. The van der Waals surface area contributed by atoms with Gasteiger partial charge < -0.3 is 11.1 Å². The third-order valence-corrected chi connectivity index (χ3v) is 3.05. The van der Waals surface area contributed by atoms with E-state index in [1.54, 1.807) is 0 Å². The summed E-state index contributed by atoms with van der Waals surface area (Å²) in [5.41, 5.74) is 5.52. The van der Waals surface area contributed by atoms with Crippen LogP contribution in [0.15, 0.2) is 0 Å². The number of carbonyl (C=O) groups is 1. The Morgan fingerprint density at radius 3 is 2.22 bits per heavy atom. The van der Waals surface area contributed by atoms with Crippen molar-refractivity contribution in [1.82, 2.24) is 10.2 Å². The zero-order chi connectivity index (χ0) is 14.3. The fourth-order valence-electron chi connectivity index (χ4n) is 1.74. The van der Waals surface area contributed by atoms with Crippen LogP contribution in [0.3, 0.4) is 0 Å². The maximum atomic E-state index is 12.0. The largest absolute Gasteiger partial charge is 0.393 e. The monoisotopic (exact) mass is 273 g/mol. The molecule has 0 aromatic rings. The minimum Gasteiger partial charge on any atom is -0.393 e. The van der Waals surface area contributed by atoms with Crippen molar-refractivity contribution in [3.05, 3.63) is 0 Å². The van der Waals surface area contributed by atoms with E-state index in [2.05, 4.69) is 37.9 Å². The van der Waals surface area contributed by atoms with Crippen molar-refractivity contribution in [3.63, 3.8) is 0 Å². The standard InChI is InChI=1S/C13H27N3OS/c1-9(2)8-15-13(17)11(5)16(10(3)4)7-6-12(14)18/h9-11H,6-8H2,1-5H3,(H2,14,18)(H,15,17). The summed E-state index contributed by atoms with van der Waals surface area (Å²) >= 11 is 4.89. The summed E-state index contributed by atoms with van der Waals surface area (Å²) in [5.74, 6) is 0.533. The van der Waals surface area contributed by atoms with E-state index in [4.69, 9.17) is 18.0 Å². The van der Waals surface area contributed by atoms with Gasteiger partial charge in [0.25, 0.3) is 0 Å². The molecule has 0 spiro atoms. The highest BCUT2D eigenvalue weighted by molar-refractivity contribution is 7.80. The van der Waals surface area contributed by atoms with Crippen LogP contribution < -0.4 is 11.1 Å². The Balaban J connectivity index is 4.40. The SMILES string of the molecule is CC(C)CNC(=O)C(C)N(CCC(N)=S)C(C)C. The van der Waals surface area contributed by atoms with Crippen molar-refractivity contribution in [1.29, 1.82) is 0 Å². The predicted octanol–water partition coefficient (Wildman–Crippen LogP) is 1.53. The summed E-state index contributed by atoms with van der Waals surface area (Å²) < 4.78 is 0. The molecule has 0 fully saturated rings. The summed E-state index contributed by atoms with van der Waals surface area (Å²) in [6.07, 6.45) is 0.648. The summed E-state index contributed by atoms with van der Waals surface area (Å²) in [5, 5.41) is 2.96. The Morgan fingerprint density at radius 1 is 1.28 bits per heavy atom. The minimum atomic E-state index is -0.155. The Labute approximate surface area is 116 Å². The lowest BCUT2D eigenvalue weighted by molar-refractivity contribution is -0.126. The first-order valence-electron chi connectivity index (χ1n) is 6.57. The van der Waals surface area contributed by atoms with Crippen molar-refractivity contribution in [2.75, 3.05) is 13.1 Å². The van der Waals surface area contributed by atoms with Crippen LogP contribution in [-0.4, -0.2) is 41.0 Å². The lowest BCUT2D eigenvalue weighted by atomic mass is 10.1. The molecule has 0 saturated heterocycles. The number of nitrogens with one attached hydrogen (secondary N) is 1. The average Bonchev–Trinajstić information content (AvgIpc) is 2.24. The molecule has 106 valence electrons. The first kappa shape index (κ1) is 17.3. The molecule has 4 nitrogen and oxygen atoms in total. The molecule has 0 saturated carbocycles. The van der Waals surface area contributed by atoms with Gasteiger partial charge in [-0.1, -0.05) is 26.1 Å². The molecule has 1 atom stereocenters. The molecule has 18 heavy (non-hydrogen) atoms. The molecule has 5 heteroatoms. The zero-order valence-electron chi connectivity index (χ0n) is 12.2. The van der Waals surface area contributed by atoms with Crippen molar-refractivity contribution in [3.8, 4) is 0 Å². The van der Waals surface area contributed by atoms with Gasteiger partial charge in [-0.3, -0.25) is 9.69 Å². The van der Waals surface area contributed by atoms with Crippen molar-refractivity contribution in [2.45, 2.75) is 53.1 Å². The van der Waals surface area contributed by atoms with Crippen LogP contribution in [0.4, 0.5) is 0 Å². The third kappa shape index (κ3) is 6.91. The van der Waals surface area contributed by atoms with Crippen LogP contribution in [0.2, 0.25) is 0 Å². The smallest absolute Gasteiger partial charge is 0.237 e. The number of nitrogens with zero attached hydrogens (tertiary/aromatic N) is 1. The fourth-order valence-corrected chi connectivity index (χ4v) is 1.83. The number of amides is 1. The quantitative estimate of drug-likeness (QED) is 0.659. The predicted molar refractivity (Wildman–Crippen MR) is 80.6 cm³/mol. The molecule has 0 aliphatic heterocycles. The number of rotatable bonds is 8. The van der Waals surface area contributed by atoms with E-state index in [9.17, 15) is 4.79 Å². The second-order valence-corrected chi connectivity index (χ2v) is 5.89. The van der Waals surface area contributed by atoms with E-state index in [1.807, 2.05) is 6.92 Å². The topological polar surface area (TPSA) is 58.4 Å². The van der Waals surface area contributed by atoms with Gasteiger partial charge in [-0.25, -0.2) is 0 Å². The Bertz CT molecular complexity index is 279. The molecule has 0 heterocycles. The molecule has 1 amide bonds. The average molecular weight is 273 g/mol. The first-order valence-corrected chi connectivity index (χ1v) is 6.98. The van der Waals surface area contributed by atoms with Gasteiger partial charge in [0.05, 0.1) is 11.0 Å². The Morgan fingerprint density at radius 2 is 1.83 bits per heavy atom. The third-order valence-electron chi connectivity index (χ3n) is 2.84. The number of thiocarbonyl (C=S) groups is 1. The van der Waals surface area contributed by atoms with E-state index in [1.165, 1.54) is 0 Å². The molecular formula is C13H27N3OS. The van der Waals surface area contributed by atoms with Crippen LogP contribution in [0.5, 0.6) is 0 Å². The lowest BCUT2D eigenvalue weighted by Crippen LogP contribution is -2.49. The van der Waals surface area contributed by atoms with Gasteiger partial charge in [0.15, 0.2) is 0 Å². The summed E-state index contributed by atoms with van der Waals surface area (Å²) in [6, 6.07) is 0.136. The maximum Gasteiger partial charge on any atom is 0.237 e. The van der Waals surface area contributed by atoms with Crippen molar-refractivity contribution in [2.24, 2.45) is 11.7 Å². The molecule has 0 aliphatic carbocycles. The molecule has 1 unspecified atom stereocenters. The van der Waals surface area contributed by atoms with Crippen LogP contribution in [-0.2, 0) is 4.79 Å². The van der Waals surface area contributed by atoms with Crippen LogP contribution in [0.25, 0.3) is 0 Å². The second-order valence-electron chi connectivity index (χ2n) is 5.36. The Hall–Kier alpha value is -0.680. The van der Waals surface area contributed by atoms with E-state index >= 15 is 0 Å². The number of hydrogen-bond acceptors (Lipinski definition) is 3. The minimum absolute atomic E-state index is 0.0698. The van der Waals surface area contributed by atoms with Gasteiger partial charge in [-0.05, 0) is 26.7 Å². The lowest BCUT2D eigenvalue weighted by Gasteiger charge is -2.31. The number of hydrogen-bond donors (Lipinski definition) is 2. The van der Waals surface area contributed by atoms with Crippen LogP contribution >= 0.6 is 12.2 Å². The van der Waals surface area contributed by atoms with Gasteiger partial charge in [0.1, 0.15) is 0 Å². The van der Waals surface area contributed by atoms with E-state index in [0.29, 0.717) is 29.9 Å². The molecule has 0 rings (SSSR count). The highest BCUT2D eigenvalue weighted by Gasteiger charge is 2.23.